The summed E-state index contributed by atoms with van der Waals surface area (Å²) in [7, 11) is 0.394. The Kier molecular flexibility index (Phi) is 24.6. The number of H-pyrrole nitrogens is 5. The molecule has 0 radical (unpaired) electrons. The third kappa shape index (κ3) is 18.6. The number of rotatable bonds is 28. The molecule has 12 heterocycles. The molecule has 11 aromatic rings. The summed E-state index contributed by atoms with van der Waals surface area (Å²) in [5.41, 5.74) is 17.6. The molecule has 6 aliphatic heterocycles. The molecule has 3 amide bonds. The fraction of sp³-hybridized carbons (Fsp3) is 0.382. The summed E-state index contributed by atoms with van der Waals surface area (Å²) in [6, 6.07) is 32.1. The predicted molar refractivity (Wildman–Crippen MR) is 464 cm³/mol. The quantitative estimate of drug-likeness (QED) is 0.0226. The van der Waals surface area contributed by atoms with Crippen molar-refractivity contribution in [3.63, 3.8) is 0 Å². The summed E-state index contributed by atoms with van der Waals surface area (Å²) in [4.78, 5) is 121. The van der Waals surface area contributed by atoms with Crippen LogP contribution in [0.25, 0.3) is 44.8 Å². The number of aryl methyl sites for hydroxylation is 2. The molecule has 6 aromatic heterocycles. The van der Waals surface area contributed by atoms with Gasteiger partial charge in [-0.2, -0.15) is 0 Å². The van der Waals surface area contributed by atoms with Crippen LogP contribution in [-0.2, 0) is 55.2 Å². The van der Waals surface area contributed by atoms with Crippen molar-refractivity contribution < 1.29 is 31.9 Å². The minimum atomic E-state index is -3.03. The number of benzene rings is 5. The average molecular weight is 1640 g/mol. The van der Waals surface area contributed by atoms with Crippen LogP contribution in [0.1, 0.15) is 132 Å². The Bertz CT molecular complexity index is 5950. The van der Waals surface area contributed by atoms with Crippen molar-refractivity contribution in [2.45, 2.75) is 124 Å². The number of fused-ring (bicyclic) bond motifs is 6. The number of ether oxygens (including phenoxy) is 1. The number of aromatic nitrogens is 7. The van der Waals surface area contributed by atoms with Crippen LogP contribution in [0, 0.1) is 19.7 Å². The molecule has 0 unspecified atom stereocenters. The number of methoxy groups -OCH3 is 1. The highest BCUT2D eigenvalue weighted by atomic mass is 32.2. The number of likely N-dealkylation sites (tertiary alicyclic amines) is 2. The summed E-state index contributed by atoms with van der Waals surface area (Å²) < 4.78 is 42.1. The number of imidazole rings is 2. The number of nitrogens with zero attached hydrogens (tertiary/aromatic N) is 9. The van der Waals surface area contributed by atoms with E-state index < -0.39 is 9.84 Å². The molecular weight excluding hydrogens is 1530 g/mol. The van der Waals surface area contributed by atoms with Gasteiger partial charge in [0, 0.05) is 143 Å². The molecule has 0 saturated carbocycles. The smallest absolute Gasteiger partial charge is 0.261 e. The number of aliphatic imine (C=N–C) groups is 1. The van der Waals surface area contributed by atoms with Crippen LogP contribution in [-0.4, -0.2) is 212 Å². The number of hydrogen-bond donors (Lipinski definition) is 8. The predicted octanol–water partition coefficient (Wildman–Crippen LogP) is 11.9. The number of carbonyl (C=O) groups is 3. The Morgan fingerprint density at radius 3 is 1.56 bits per heavy atom. The molecule has 0 aliphatic carbocycles. The van der Waals surface area contributed by atoms with Crippen LogP contribution >= 0.6 is 11.3 Å². The van der Waals surface area contributed by atoms with Gasteiger partial charge < -0.3 is 75.0 Å². The molecule has 2 fully saturated rings. The number of carbonyl (C=O) groups excluding carboxylic acids is 3. The van der Waals surface area contributed by atoms with Gasteiger partial charge in [-0.25, -0.2) is 22.8 Å². The molecule has 6 aliphatic rings. The molecule has 0 bridgehead atoms. The Morgan fingerprint density at radius 1 is 0.551 bits per heavy atom. The Hall–Kier alpha value is -11.4. The van der Waals surface area contributed by atoms with E-state index in [4.69, 9.17) is 19.7 Å². The van der Waals surface area contributed by atoms with Crippen LogP contribution in [0.15, 0.2) is 146 Å². The number of likely N-dealkylation sites (N-methyl/N-ethyl adjacent to an activating group) is 1. The fourth-order valence-corrected chi connectivity index (χ4v) is 18.5. The third-order valence-corrected chi connectivity index (χ3v) is 25.2. The summed E-state index contributed by atoms with van der Waals surface area (Å²) in [5, 5.41) is 12.5. The van der Waals surface area contributed by atoms with Crippen molar-refractivity contribution in [2.75, 3.05) is 114 Å². The van der Waals surface area contributed by atoms with Crippen molar-refractivity contribution in [1.29, 1.82) is 0 Å². The number of aromatic amines is 5. The van der Waals surface area contributed by atoms with Gasteiger partial charge in [-0.3, -0.25) is 33.8 Å². The van der Waals surface area contributed by atoms with Gasteiger partial charge >= 0.3 is 0 Å². The monoisotopic (exact) mass is 1640 g/mol. The zero-order chi connectivity index (χ0) is 82.6. The number of pyridine rings is 3. The van der Waals surface area contributed by atoms with Crippen LogP contribution in [0.5, 0.6) is 5.75 Å². The van der Waals surface area contributed by atoms with Gasteiger partial charge in [0.25, 0.3) is 34.4 Å². The largest absolute Gasteiger partial charge is 0.496 e. The maximum absolute atomic E-state index is 13.9. The van der Waals surface area contributed by atoms with Gasteiger partial charge in [0.05, 0.1) is 69.0 Å². The van der Waals surface area contributed by atoms with E-state index in [0.29, 0.717) is 132 Å². The second-order valence-electron chi connectivity index (χ2n) is 32.3. The second-order valence-corrected chi connectivity index (χ2v) is 35.5. The summed E-state index contributed by atoms with van der Waals surface area (Å²) >= 11 is 1.74. The normalized spacial score (nSPS) is 15.9. The van der Waals surface area contributed by atoms with Crippen molar-refractivity contribution >= 4 is 89.4 Å². The highest BCUT2D eigenvalue weighted by molar-refractivity contribution is 7.90. The van der Waals surface area contributed by atoms with E-state index in [-0.39, 0.29) is 64.1 Å². The van der Waals surface area contributed by atoms with E-state index in [1.54, 1.807) is 54.1 Å². The summed E-state index contributed by atoms with van der Waals surface area (Å²) in [5.74, 6) is 1.35. The van der Waals surface area contributed by atoms with E-state index in [9.17, 15) is 41.6 Å². The number of halogens is 1. The molecule has 2 saturated heterocycles. The van der Waals surface area contributed by atoms with E-state index in [1.807, 2.05) is 83.3 Å². The highest BCUT2D eigenvalue weighted by Crippen LogP contribution is 2.38. The first-order chi connectivity index (χ1) is 56.8. The Morgan fingerprint density at radius 2 is 1.04 bits per heavy atom. The van der Waals surface area contributed by atoms with Crippen LogP contribution in [0.3, 0.4) is 0 Å². The third-order valence-electron chi connectivity index (χ3n) is 23.2. The zero-order valence-corrected chi connectivity index (χ0v) is 69.6. The van der Waals surface area contributed by atoms with Crippen molar-refractivity contribution in [3.05, 3.63) is 236 Å². The summed E-state index contributed by atoms with van der Waals surface area (Å²) in [6.45, 7) is 21.4. The van der Waals surface area contributed by atoms with Gasteiger partial charge in [0.1, 0.15) is 44.2 Å². The SMILES string of the molecule is COc1ccc(F)cc1C[C@H](C)Nc1cc[nH]c(=O)c1-c1nc2cc3c(cc2[nH]1)CN(CCN1CCCC1)C3=O.Cc1ccccc1C[C@H](C)Nc1cc[nH]c(=O)c1-c1nc2cc3c(cc2[nH]1)CN(CCN1CCCC1)C3=O.Cc1ccsc1C[C@H](C)Nc1cc[nH]c(=O)c1C1=Nc2cc3c(cc2C1)C(=O)N(CCN(C)CCS(C)(=O)=O)C3. The Balaban J connectivity index is 0.000000138. The average Bonchev–Trinajstić information content (AvgIpc) is 1.62. The van der Waals surface area contributed by atoms with E-state index in [2.05, 4.69) is 108 Å². The zero-order valence-electron chi connectivity index (χ0n) is 68.0. The van der Waals surface area contributed by atoms with Gasteiger partial charge in [0.15, 0.2) is 0 Å². The van der Waals surface area contributed by atoms with Crippen LogP contribution < -0.4 is 37.4 Å². The van der Waals surface area contributed by atoms with Gasteiger partial charge in [-0.1, -0.05) is 24.3 Å². The molecule has 3 atom stereocenters. The Labute approximate surface area is 688 Å². The number of amides is 3. The molecule has 616 valence electrons. The lowest BCUT2D eigenvalue weighted by Crippen LogP contribution is -2.35. The molecule has 5 aromatic carbocycles. The second kappa shape index (κ2) is 35.4. The van der Waals surface area contributed by atoms with Crippen molar-refractivity contribution in [2.24, 2.45) is 4.99 Å². The first-order valence-corrected chi connectivity index (χ1v) is 43.6. The highest BCUT2D eigenvalue weighted by Gasteiger charge is 2.35. The van der Waals surface area contributed by atoms with Gasteiger partial charge in [-0.15, -0.1) is 11.3 Å². The lowest BCUT2D eigenvalue weighted by Gasteiger charge is -2.21. The molecule has 8 N–H and O–H groups in total. The number of sulfone groups is 1. The molecule has 118 heavy (non-hydrogen) atoms. The number of nitrogens with one attached hydrogen (secondary N) is 8. The first-order valence-electron chi connectivity index (χ1n) is 40.7. The summed E-state index contributed by atoms with van der Waals surface area (Å²) in [6.07, 6.45) is 13.7. The standard InChI is InChI=1S/C30H33FN6O3.C30H34N6O2.C29H35N5O4S2/c1-18(13-19-14-21(31)5-6-26(19)40-2)33-23-7-8-32-29(38)27(23)28-34-24-15-20-17-37(12-11-36-9-3-4-10-36)30(39)22(20)16-25(24)35-28;1-19-7-3-4-8-21(19)15-20(2)32-24-9-10-31-29(37)27(24)28-33-25-16-22-18-36(14-13-35-11-5-6-12-35)30(38)23(22)17-26(25)34-28;1-18-6-11-39-26(18)13-19(2)31-23-5-7-30-28(35)27(23)25-15-20-14-22-21(16-24(20)32-25)17-34(29(22)36)9-8-33(3)10-12-40(4,37)38/h5-8,14-16,18H,3-4,9-13,17H2,1-2H3,(H,34,35)(H2,32,33,38);3-4,7-10,16-17,20H,5-6,11-15,18H2,1-2H3,(H,33,34)(H2,31,32,37);5-7,11,14,16,19H,8-10,12-13,15,17H2,1-4H3,(H2,30,31,35)/t18-;20-;19-/m000/s1. The van der Waals surface area contributed by atoms with E-state index in [0.717, 1.165) is 115 Å². The topological polar surface area (TPSA) is 318 Å². The van der Waals surface area contributed by atoms with Gasteiger partial charge in [-0.05, 0) is 235 Å². The van der Waals surface area contributed by atoms with E-state index in [1.165, 1.54) is 65.6 Å². The van der Waals surface area contributed by atoms with E-state index >= 15 is 0 Å². The first kappa shape index (κ1) is 81.8. The molecule has 29 heteroatoms. The van der Waals surface area contributed by atoms with Gasteiger partial charge in [0.2, 0.25) is 0 Å². The minimum absolute atomic E-state index is 0.0274. The molecular formula is C89H102FN17O9S2. The lowest BCUT2D eigenvalue weighted by atomic mass is 10.00. The minimum Gasteiger partial charge on any atom is -0.496 e. The molecule has 0 spiro atoms. The maximum Gasteiger partial charge on any atom is 0.261 e. The fourth-order valence-electron chi connectivity index (χ4n) is 16.8. The number of anilines is 3. The number of thiophene rings is 1. The van der Waals surface area contributed by atoms with Crippen LogP contribution in [0.2, 0.25) is 0 Å². The van der Waals surface area contributed by atoms with Crippen molar-refractivity contribution in [3.8, 4) is 28.5 Å². The van der Waals surface area contributed by atoms with Crippen LogP contribution in [0.4, 0.5) is 27.1 Å². The molecule has 26 nitrogen and oxygen atoms in total. The maximum atomic E-state index is 13.9. The lowest BCUT2D eigenvalue weighted by molar-refractivity contribution is 0.0756. The van der Waals surface area contributed by atoms with Crippen molar-refractivity contribution in [1.82, 2.24) is 64.3 Å². The number of hydrogen-bond acceptors (Lipinski definition) is 19. The molecule has 17 rings (SSSR count).